The van der Waals surface area contributed by atoms with Crippen LogP contribution in [0, 0.1) is 0 Å². The number of rotatable bonds is 6. The number of amides is 2. The van der Waals surface area contributed by atoms with Gasteiger partial charge in [-0.25, -0.2) is 0 Å². The lowest BCUT2D eigenvalue weighted by Gasteiger charge is -2.24. The summed E-state index contributed by atoms with van der Waals surface area (Å²) >= 11 is 1.63. The minimum atomic E-state index is -0.106. The standard InChI is InChI=1S/C28H24N2O2S/c31-26-19-33-28(30(26)18-20-6-2-1-3-7-20)24-14-12-23(13-15-24)27(32)29-17-21-10-11-22-8-4-5-9-25(22)16-21/h1-16,28H,17-19H2,(H,29,32)/t28-/m1/s1. The molecule has 0 unspecified atom stereocenters. The summed E-state index contributed by atoms with van der Waals surface area (Å²) in [5.41, 5.74) is 3.83. The van der Waals surface area contributed by atoms with Gasteiger partial charge in [-0.15, -0.1) is 11.8 Å². The van der Waals surface area contributed by atoms with Crippen LogP contribution in [0.3, 0.4) is 0 Å². The van der Waals surface area contributed by atoms with Gasteiger partial charge >= 0.3 is 0 Å². The van der Waals surface area contributed by atoms with Crippen molar-refractivity contribution in [2.75, 3.05) is 5.75 Å². The highest BCUT2D eigenvalue weighted by Gasteiger charge is 2.32. The van der Waals surface area contributed by atoms with E-state index >= 15 is 0 Å². The zero-order valence-corrected chi connectivity index (χ0v) is 18.9. The predicted octanol–water partition coefficient (Wildman–Crippen LogP) is 5.54. The number of carbonyl (C=O) groups excluding carboxylic acids is 2. The second-order valence-electron chi connectivity index (χ2n) is 8.16. The summed E-state index contributed by atoms with van der Waals surface area (Å²) in [6.07, 6.45) is 0. The van der Waals surface area contributed by atoms with Crippen LogP contribution in [0.1, 0.15) is 32.4 Å². The highest BCUT2D eigenvalue weighted by Crippen LogP contribution is 2.39. The predicted molar refractivity (Wildman–Crippen MR) is 134 cm³/mol. The Morgan fingerprint density at radius 2 is 1.58 bits per heavy atom. The average molecular weight is 453 g/mol. The number of hydrogen-bond acceptors (Lipinski definition) is 3. The van der Waals surface area contributed by atoms with Crippen LogP contribution in [0.15, 0.2) is 97.1 Å². The number of nitrogens with zero attached hydrogens (tertiary/aromatic N) is 1. The van der Waals surface area contributed by atoms with Gasteiger partial charge in [0.15, 0.2) is 0 Å². The maximum atomic E-state index is 12.7. The van der Waals surface area contributed by atoms with E-state index in [2.05, 4.69) is 29.6 Å². The summed E-state index contributed by atoms with van der Waals surface area (Å²) in [5, 5.41) is 5.33. The Kier molecular flexibility index (Phi) is 6.13. The Labute approximate surface area is 197 Å². The van der Waals surface area contributed by atoms with Crippen LogP contribution in [0.25, 0.3) is 10.8 Å². The topological polar surface area (TPSA) is 49.4 Å². The van der Waals surface area contributed by atoms with Crippen molar-refractivity contribution < 1.29 is 9.59 Å². The van der Waals surface area contributed by atoms with Gasteiger partial charge in [-0.1, -0.05) is 78.9 Å². The molecule has 0 aromatic heterocycles. The molecule has 5 heteroatoms. The van der Waals surface area contributed by atoms with Crippen LogP contribution in [0.5, 0.6) is 0 Å². The molecule has 0 spiro atoms. The molecule has 1 N–H and O–H groups in total. The fourth-order valence-electron chi connectivity index (χ4n) is 4.11. The van der Waals surface area contributed by atoms with Gasteiger partial charge in [-0.3, -0.25) is 9.59 Å². The number of carbonyl (C=O) groups is 2. The van der Waals surface area contributed by atoms with Crippen molar-refractivity contribution in [3.8, 4) is 0 Å². The fraction of sp³-hybridized carbons (Fsp3) is 0.143. The highest BCUT2D eigenvalue weighted by atomic mass is 32.2. The first-order valence-electron chi connectivity index (χ1n) is 11.0. The molecule has 1 heterocycles. The maximum Gasteiger partial charge on any atom is 0.251 e. The van der Waals surface area contributed by atoms with Gasteiger partial charge in [0, 0.05) is 18.7 Å². The van der Waals surface area contributed by atoms with Crippen LogP contribution in [-0.4, -0.2) is 22.5 Å². The Morgan fingerprint density at radius 1 is 0.848 bits per heavy atom. The second kappa shape index (κ2) is 9.51. The zero-order chi connectivity index (χ0) is 22.6. The van der Waals surface area contributed by atoms with E-state index in [1.807, 2.05) is 77.7 Å². The van der Waals surface area contributed by atoms with Crippen molar-refractivity contribution in [2.45, 2.75) is 18.5 Å². The van der Waals surface area contributed by atoms with Crippen molar-refractivity contribution in [3.63, 3.8) is 0 Å². The van der Waals surface area contributed by atoms with Gasteiger partial charge in [-0.05, 0) is 45.7 Å². The van der Waals surface area contributed by atoms with Crippen molar-refractivity contribution in [2.24, 2.45) is 0 Å². The molecule has 1 aliphatic heterocycles. The minimum absolute atomic E-state index is 0.0348. The molecule has 0 aliphatic carbocycles. The molecular weight excluding hydrogens is 428 g/mol. The van der Waals surface area contributed by atoms with E-state index in [4.69, 9.17) is 0 Å². The molecule has 1 aliphatic rings. The lowest BCUT2D eigenvalue weighted by molar-refractivity contribution is -0.128. The van der Waals surface area contributed by atoms with Crippen molar-refractivity contribution >= 4 is 34.3 Å². The number of hydrogen-bond donors (Lipinski definition) is 1. The highest BCUT2D eigenvalue weighted by molar-refractivity contribution is 8.00. The molecule has 2 amide bonds. The van der Waals surface area contributed by atoms with Crippen LogP contribution in [-0.2, 0) is 17.9 Å². The molecule has 0 bridgehead atoms. The Morgan fingerprint density at radius 3 is 2.36 bits per heavy atom. The third-order valence-electron chi connectivity index (χ3n) is 5.89. The van der Waals surface area contributed by atoms with Crippen LogP contribution in [0.4, 0.5) is 0 Å². The average Bonchev–Trinajstić information content (AvgIpc) is 3.23. The molecule has 4 nitrogen and oxygen atoms in total. The van der Waals surface area contributed by atoms with E-state index in [-0.39, 0.29) is 17.2 Å². The first-order chi connectivity index (χ1) is 16.2. The first-order valence-corrected chi connectivity index (χ1v) is 12.0. The molecule has 4 aromatic rings. The summed E-state index contributed by atoms with van der Waals surface area (Å²) in [6.45, 7) is 1.06. The minimum Gasteiger partial charge on any atom is -0.348 e. The molecule has 1 saturated heterocycles. The smallest absolute Gasteiger partial charge is 0.251 e. The fourth-order valence-corrected chi connectivity index (χ4v) is 5.30. The molecule has 33 heavy (non-hydrogen) atoms. The Bertz CT molecular complexity index is 1290. The van der Waals surface area contributed by atoms with Gasteiger partial charge in [0.25, 0.3) is 5.91 Å². The third kappa shape index (κ3) is 4.78. The van der Waals surface area contributed by atoms with E-state index in [1.54, 1.807) is 11.8 Å². The van der Waals surface area contributed by atoms with Crippen LogP contribution < -0.4 is 5.32 Å². The molecule has 0 radical (unpaired) electrons. The molecule has 0 saturated carbocycles. The quantitative estimate of drug-likeness (QED) is 0.418. The van der Waals surface area contributed by atoms with Gasteiger partial charge in [-0.2, -0.15) is 0 Å². The first kappa shape index (κ1) is 21.3. The Hall–Kier alpha value is -3.57. The van der Waals surface area contributed by atoms with E-state index in [0.717, 1.165) is 22.1 Å². The lowest BCUT2D eigenvalue weighted by atomic mass is 10.1. The Balaban J connectivity index is 1.24. The summed E-state index contributed by atoms with van der Waals surface area (Å²) in [7, 11) is 0. The molecule has 1 atom stereocenters. The maximum absolute atomic E-state index is 12.7. The van der Waals surface area contributed by atoms with Gasteiger partial charge in [0.2, 0.25) is 5.91 Å². The molecule has 164 valence electrons. The van der Waals surface area contributed by atoms with E-state index < -0.39 is 0 Å². The van der Waals surface area contributed by atoms with Gasteiger partial charge in [0.05, 0.1) is 5.75 Å². The normalized spacial score (nSPS) is 15.7. The van der Waals surface area contributed by atoms with Gasteiger partial charge in [0.1, 0.15) is 5.37 Å². The van der Waals surface area contributed by atoms with Gasteiger partial charge < -0.3 is 10.2 Å². The van der Waals surface area contributed by atoms with E-state index in [9.17, 15) is 9.59 Å². The number of fused-ring (bicyclic) bond motifs is 1. The van der Waals surface area contributed by atoms with Crippen LogP contribution in [0.2, 0.25) is 0 Å². The third-order valence-corrected chi connectivity index (χ3v) is 7.14. The second-order valence-corrected chi connectivity index (χ2v) is 9.23. The molecule has 4 aromatic carbocycles. The summed E-state index contributed by atoms with van der Waals surface area (Å²) < 4.78 is 0. The van der Waals surface area contributed by atoms with Crippen LogP contribution >= 0.6 is 11.8 Å². The number of benzene rings is 4. The number of nitrogens with one attached hydrogen (secondary N) is 1. The monoisotopic (exact) mass is 452 g/mol. The lowest BCUT2D eigenvalue weighted by Crippen LogP contribution is -2.27. The molecule has 1 fully saturated rings. The zero-order valence-electron chi connectivity index (χ0n) is 18.1. The van der Waals surface area contributed by atoms with Crippen molar-refractivity contribution in [1.29, 1.82) is 0 Å². The van der Waals surface area contributed by atoms with E-state index in [0.29, 0.717) is 24.4 Å². The summed E-state index contributed by atoms with van der Waals surface area (Å²) in [5.74, 6) is 0.517. The van der Waals surface area contributed by atoms with Crippen molar-refractivity contribution in [1.82, 2.24) is 10.2 Å². The summed E-state index contributed by atoms with van der Waals surface area (Å²) in [4.78, 5) is 27.1. The van der Waals surface area contributed by atoms with E-state index in [1.165, 1.54) is 5.39 Å². The number of thioether (sulfide) groups is 1. The molecular formula is C28H24N2O2S. The summed E-state index contributed by atoms with van der Waals surface area (Å²) in [6, 6.07) is 32.1. The SMILES string of the molecule is O=C(NCc1ccc2ccccc2c1)c1ccc([C@H]2SCC(=O)N2Cc2ccccc2)cc1. The largest absolute Gasteiger partial charge is 0.348 e. The van der Waals surface area contributed by atoms with Crippen molar-refractivity contribution in [3.05, 3.63) is 119 Å². The molecule has 5 rings (SSSR count).